The summed E-state index contributed by atoms with van der Waals surface area (Å²) in [5, 5.41) is 14.7. The molecule has 0 spiro atoms. The van der Waals surface area contributed by atoms with Gasteiger partial charge in [-0.3, -0.25) is 0 Å². The molecule has 2 aromatic rings. The standard InChI is InChI=1S/C11H11N3OS/c1-3-7(2)10-13-11(15-14-10)9-8(6-12)4-5-16-9/h4-5,7H,3H2,1-2H3. The van der Waals surface area contributed by atoms with E-state index in [0.29, 0.717) is 17.3 Å². The van der Waals surface area contributed by atoms with Crippen LogP contribution < -0.4 is 0 Å². The molecule has 0 aromatic carbocycles. The highest BCUT2D eigenvalue weighted by atomic mass is 32.1. The lowest BCUT2D eigenvalue weighted by Gasteiger charge is -1.98. The minimum Gasteiger partial charge on any atom is -0.333 e. The molecule has 1 atom stereocenters. The highest BCUT2D eigenvalue weighted by Gasteiger charge is 2.16. The van der Waals surface area contributed by atoms with Crippen LogP contribution in [0.1, 0.15) is 37.6 Å². The Hall–Kier alpha value is -1.67. The summed E-state index contributed by atoms with van der Waals surface area (Å²) < 4.78 is 5.17. The van der Waals surface area contributed by atoms with Gasteiger partial charge in [0.25, 0.3) is 5.89 Å². The van der Waals surface area contributed by atoms with Gasteiger partial charge in [-0.25, -0.2) is 0 Å². The summed E-state index contributed by atoms with van der Waals surface area (Å²) in [6.45, 7) is 4.13. The summed E-state index contributed by atoms with van der Waals surface area (Å²) in [6.07, 6.45) is 0.967. The predicted octanol–water partition coefficient (Wildman–Crippen LogP) is 3.18. The monoisotopic (exact) mass is 233 g/mol. The van der Waals surface area contributed by atoms with Crippen molar-refractivity contribution in [2.24, 2.45) is 0 Å². The molecule has 0 radical (unpaired) electrons. The Morgan fingerprint density at radius 1 is 1.62 bits per heavy atom. The molecule has 4 nitrogen and oxygen atoms in total. The van der Waals surface area contributed by atoms with E-state index >= 15 is 0 Å². The lowest BCUT2D eigenvalue weighted by atomic mass is 10.1. The van der Waals surface area contributed by atoms with Crippen molar-refractivity contribution < 1.29 is 4.52 Å². The van der Waals surface area contributed by atoms with Gasteiger partial charge in [0.1, 0.15) is 10.9 Å². The summed E-state index contributed by atoms with van der Waals surface area (Å²) in [4.78, 5) is 5.07. The van der Waals surface area contributed by atoms with Gasteiger partial charge in [0, 0.05) is 5.92 Å². The highest BCUT2D eigenvalue weighted by Crippen LogP contribution is 2.28. The fraction of sp³-hybridized carbons (Fsp3) is 0.364. The van der Waals surface area contributed by atoms with E-state index in [1.807, 2.05) is 12.3 Å². The molecule has 0 saturated carbocycles. The van der Waals surface area contributed by atoms with Gasteiger partial charge in [0.05, 0.1) is 5.56 Å². The van der Waals surface area contributed by atoms with E-state index < -0.39 is 0 Å². The normalized spacial score (nSPS) is 12.3. The fourth-order valence-electron chi connectivity index (χ4n) is 1.27. The molecule has 0 aliphatic heterocycles. The van der Waals surface area contributed by atoms with Crippen LogP contribution in [0.2, 0.25) is 0 Å². The zero-order valence-electron chi connectivity index (χ0n) is 9.10. The molecular weight excluding hydrogens is 222 g/mol. The van der Waals surface area contributed by atoms with E-state index in [1.165, 1.54) is 11.3 Å². The zero-order chi connectivity index (χ0) is 11.5. The number of nitriles is 1. The van der Waals surface area contributed by atoms with Gasteiger partial charge in [-0.05, 0) is 17.9 Å². The zero-order valence-corrected chi connectivity index (χ0v) is 9.91. The van der Waals surface area contributed by atoms with E-state index in [9.17, 15) is 0 Å². The van der Waals surface area contributed by atoms with Gasteiger partial charge in [0.15, 0.2) is 5.82 Å². The maximum Gasteiger partial charge on any atom is 0.269 e. The van der Waals surface area contributed by atoms with E-state index in [4.69, 9.17) is 9.78 Å². The van der Waals surface area contributed by atoms with E-state index in [1.54, 1.807) is 6.07 Å². The van der Waals surface area contributed by atoms with Crippen molar-refractivity contribution in [3.05, 3.63) is 22.8 Å². The van der Waals surface area contributed by atoms with Crippen LogP contribution in [0.5, 0.6) is 0 Å². The third-order valence-electron chi connectivity index (χ3n) is 2.47. The van der Waals surface area contributed by atoms with Gasteiger partial charge in [-0.1, -0.05) is 19.0 Å². The number of rotatable bonds is 3. The molecule has 0 bridgehead atoms. The second-order valence-electron chi connectivity index (χ2n) is 3.54. The third-order valence-corrected chi connectivity index (χ3v) is 3.38. The summed E-state index contributed by atoms with van der Waals surface area (Å²) in [7, 11) is 0. The number of hydrogen-bond acceptors (Lipinski definition) is 5. The van der Waals surface area contributed by atoms with Crippen molar-refractivity contribution in [2.75, 3.05) is 0 Å². The Balaban J connectivity index is 2.36. The molecule has 0 amide bonds. The average molecular weight is 233 g/mol. The number of thiophene rings is 1. The van der Waals surface area contributed by atoms with Crippen LogP contribution in [0, 0.1) is 11.3 Å². The molecule has 0 N–H and O–H groups in total. The Labute approximate surface area is 97.5 Å². The van der Waals surface area contributed by atoms with Gasteiger partial charge in [0.2, 0.25) is 0 Å². The van der Waals surface area contributed by atoms with Crippen LogP contribution in [0.3, 0.4) is 0 Å². The summed E-state index contributed by atoms with van der Waals surface area (Å²) >= 11 is 1.44. The van der Waals surface area contributed by atoms with Crippen LogP contribution in [-0.4, -0.2) is 10.1 Å². The van der Waals surface area contributed by atoms with E-state index in [2.05, 4.69) is 23.1 Å². The lowest BCUT2D eigenvalue weighted by Crippen LogP contribution is -1.93. The Morgan fingerprint density at radius 3 is 3.12 bits per heavy atom. The average Bonchev–Trinajstić information content (AvgIpc) is 2.95. The molecule has 2 heterocycles. The van der Waals surface area contributed by atoms with Crippen LogP contribution in [0.15, 0.2) is 16.0 Å². The number of hydrogen-bond donors (Lipinski definition) is 0. The molecule has 5 heteroatoms. The van der Waals surface area contributed by atoms with E-state index in [0.717, 1.165) is 11.3 Å². The molecule has 0 saturated heterocycles. The Morgan fingerprint density at radius 2 is 2.44 bits per heavy atom. The maximum absolute atomic E-state index is 8.90. The first kappa shape index (κ1) is 10.8. The van der Waals surface area contributed by atoms with Crippen LogP contribution >= 0.6 is 11.3 Å². The van der Waals surface area contributed by atoms with Gasteiger partial charge in [-0.15, -0.1) is 11.3 Å². The first-order valence-corrected chi connectivity index (χ1v) is 5.95. The molecule has 2 rings (SSSR count). The summed E-state index contributed by atoms with van der Waals surface area (Å²) in [6, 6.07) is 3.87. The molecule has 2 aromatic heterocycles. The van der Waals surface area contributed by atoms with Crippen molar-refractivity contribution in [1.29, 1.82) is 5.26 Å². The third kappa shape index (κ3) is 1.84. The van der Waals surface area contributed by atoms with Crippen molar-refractivity contribution in [3.63, 3.8) is 0 Å². The largest absolute Gasteiger partial charge is 0.333 e. The molecule has 16 heavy (non-hydrogen) atoms. The topological polar surface area (TPSA) is 62.7 Å². The SMILES string of the molecule is CCC(C)c1noc(-c2sccc2C#N)n1. The number of nitrogens with zero attached hydrogens (tertiary/aromatic N) is 3. The summed E-state index contributed by atoms with van der Waals surface area (Å²) in [5.41, 5.74) is 0.587. The van der Waals surface area contributed by atoms with Crippen LogP contribution in [0.25, 0.3) is 10.8 Å². The van der Waals surface area contributed by atoms with Gasteiger partial charge in [-0.2, -0.15) is 10.2 Å². The van der Waals surface area contributed by atoms with Crippen molar-refractivity contribution in [1.82, 2.24) is 10.1 Å². The lowest BCUT2D eigenvalue weighted by molar-refractivity contribution is 0.417. The Bertz CT molecular complexity index is 523. The molecule has 0 aliphatic carbocycles. The molecule has 82 valence electrons. The maximum atomic E-state index is 8.90. The minimum absolute atomic E-state index is 0.281. The van der Waals surface area contributed by atoms with Crippen LogP contribution in [-0.2, 0) is 0 Å². The first-order chi connectivity index (χ1) is 7.76. The quantitative estimate of drug-likeness (QED) is 0.816. The second-order valence-corrected chi connectivity index (χ2v) is 4.46. The Kier molecular flexibility index (Phi) is 3.02. The van der Waals surface area contributed by atoms with Crippen molar-refractivity contribution in [3.8, 4) is 16.8 Å². The van der Waals surface area contributed by atoms with Crippen molar-refractivity contribution in [2.45, 2.75) is 26.2 Å². The highest BCUT2D eigenvalue weighted by molar-refractivity contribution is 7.13. The van der Waals surface area contributed by atoms with Gasteiger partial charge >= 0.3 is 0 Å². The van der Waals surface area contributed by atoms with Crippen LogP contribution in [0.4, 0.5) is 0 Å². The number of aromatic nitrogens is 2. The fourth-order valence-corrected chi connectivity index (χ4v) is 2.04. The molecule has 0 aliphatic rings. The predicted molar refractivity (Wildman–Crippen MR) is 61.0 cm³/mol. The minimum atomic E-state index is 0.281. The second kappa shape index (κ2) is 4.45. The van der Waals surface area contributed by atoms with E-state index in [-0.39, 0.29) is 5.92 Å². The molecule has 0 fully saturated rings. The summed E-state index contributed by atoms with van der Waals surface area (Å²) in [5.74, 6) is 1.43. The molecule has 1 unspecified atom stereocenters. The van der Waals surface area contributed by atoms with Crippen molar-refractivity contribution >= 4 is 11.3 Å². The molecular formula is C11H11N3OS. The first-order valence-electron chi connectivity index (χ1n) is 5.07. The van der Waals surface area contributed by atoms with Gasteiger partial charge < -0.3 is 4.52 Å². The smallest absolute Gasteiger partial charge is 0.269 e.